The third kappa shape index (κ3) is 6.42. The summed E-state index contributed by atoms with van der Waals surface area (Å²) in [6.07, 6.45) is 4.01. The van der Waals surface area contributed by atoms with Crippen molar-refractivity contribution in [3.05, 3.63) is 0 Å². The zero-order valence-corrected chi connectivity index (χ0v) is 10.8. The van der Waals surface area contributed by atoms with Gasteiger partial charge in [0.25, 0.3) is 0 Å². The van der Waals surface area contributed by atoms with Gasteiger partial charge in [0.05, 0.1) is 0 Å². The molecule has 0 bridgehead atoms. The van der Waals surface area contributed by atoms with Crippen LogP contribution in [0.4, 0.5) is 0 Å². The Kier molecular flexibility index (Phi) is 8.26. The summed E-state index contributed by atoms with van der Waals surface area (Å²) >= 11 is 0. The molecule has 1 N–H and O–H groups in total. The summed E-state index contributed by atoms with van der Waals surface area (Å²) in [5.41, 5.74) is 0. The Labute approximate surface area is 90.7 Å². The van der Waals surface area contributed by atoms with Gasteiger partial charge in [0.2, 0.25) is 0 Å². The minimum Gasteiger partial charge on any atom is -0.316 e. The summed E-state index contributed by atoms with van der Waals surface area (Å²) in [6.45, 7) is 14.0. The van der Waals surface area contributed by atoms with E-state index in [-0.39, 0.29) is 0 Å². The Morgan fingerprint density at radius 3 is 1.93 bits per heavy atom. The van der Waals surface area contributed by atoms with E-state index in [1.807, 2.05) is 0 Å². The molecule has 0 aliphatic heterocycles. The zero-order valence-electron chi connectivity index (χ0n) is 10.8. The molecule has 0 rings (SSSR count). The van der Waals surface area contributed by atoms with E-state index in [4.69, 9.17) is 0 Å². The Hall–Kier alpha value is -0.0400. The molecule has 0 aliphatic carbocycles. The van der Waals surface area contributed by atoms with Gasteiger partial charge >= 0.3 is 0 Å². The van der Waals surface area contributed by atoms with Gasteiger partial charge in [-0.3, -0.25) is 0 Å². The molecule has 1 heteroatoms. The first-order chi connectivity index (χ1) is 6.59. The van der Waals surface area contributed by atoms with Gasteiger partial charge in [0.1, 0.15) is 0 Å². The van der Waals surface area contributed by atoms with Crippen molar-refractivity contribution in [3.8, 4) is 0 Å². The molecule has 0 saturated heterocycles. The minimum atomic E-state index is 0.800. The smallest absolute Gasteiger partial charge is 0.00156 e. The molecule has 0 aromatic rings. The van der Waals surface area contributed by atoms with Crippen molar-refractivity contribution in [3.63, 3.8) is 0 Å². The average Bonchev–Trinajstić information content (AvgIpc) is 2.09. The van der Waals surface area contributed by atoms with Crippen molar-refractivity contribution >= 4 is 0 Å². The van der Waals surface area contributed by atoms with Gasteiger partial charge in [0.15, 0.2) is 0 Å². The fourth-order valence-corrected chi connectivity index (χ4v) is 2.01. The van der Waals surface area contributed by atoms with Crippen molar-refractivity contribution in [1.29, 1.82) is 0 Å². The van der Waals surface area contributed by atoms with Crippen LogP contribution in [0.2, 0.25) is 0 Å². The van der Waals surface area contributed by atoms with Crippen molar-refractivity contribution in [2.45, 2.75) is 53.9 Å². The predicted molar refractivity (Wildman–Crippen MR) is 65.6 cm³/mol. The van der Waals surface area contributed by atoms with Crippen molar-refractivity contribution < 1.29 is 0 Å². The van der Waals surface area contributed by atoms with Crippen molar-refractivity contribution in [1.82, 2.24) is 5.32 Å². The predicted octanol–water partition coefficient (Wildman–Crippen LogP) is 3.69. The Bertz CT molecular complexity index is 110. The van der Waals surface area contributed by atoms with Crippen LogP contribution in [0.25, 0.3) is 0 Å². The topological polar surface area (TPSA) is 12.0 Å². The third-order valence-electron chi connectivity index (χ3n) is 3.05. The lowest BCUT2D eigenvalue weighted by molar-refractivity contribution is 0.276. The van der Waals surface area contributed by atoms with E-state index in [1.54, 1.807) is 0 Å². The van der Waals surface area contributed by atoms with Gasteiger partial charge in [-0.1, -0.05) is 47.5 Å². The van der Waals surface area contributed by atoms with Crippen LogP contribution in [0.3, 0.4) is 0 Å². The highest BCUT2D eigenvalue weighted by Crippen LogP contribution is 2.19. The lowest BCUT2D eigenvalue weighted by atomic mass is 9.85. The maximum atomic E-state index is 3.58. The van der Waals surface area contributed by atoms with Crippen molar-refractivity contribution in [2.75, 3.05) is 13.1 Å². The van der Waals surface area contributed by atoms with Gasteiger partial charge in [0, 0.05) is 0 Å². The maximum Gasteiger partial charge on any atom is -0.00156 e. The van der Waals surface area contributed by atoms with Crippen LogP contribution in [0.5, 0.6) is 0 Å². The zero-order chi connectivity index (χ0) is 11.0. The summed E-state index contributed by atoms with van der Waals surface area (Å²) < 4.78 is 0. The Balaban J connectivity index is 3.52. The van der Waals surface area contributed by atoms with E-state index < -0.39 is 0 Å². The monoisotopic (exact) mass is 199 g/mol. The van der Waals surface area contributed by atoms with E-state index in [0.29, 0.717) is 0 Å². The number of unbranched alkanes of at least 4 members (excludes halogenated alkanes) is 2. The first-order valence-corrected chi connectivity index (χ1v) is 6.30. The van der Waals surface area contributed by atoms with Crippen LogP contribution < -0.4 is 5.32 Å². The molecule has 0 unspecified atom stereocenters. The van der Waals surface area contributed by atoms with Crippen LogP contribution in [0.1, 0.15) is 53.9 Å². The molecule has 0 radical (unpaired) electrons. The second-order valence-electron chi connectivity index (χ2n) is 5.06. The molecule has 86 valence electrons. The summed E-state index contributed by atoms with van der Waals surface area (Å²) in [5.74, 6) is 2.43. The van der Waals surface area contributed by atoms with Gasteiger partial charge in [-0.05, 0) is 37.3 Å². The molecule has 0 amide bonds. The first-order valence-electron chi connectivity index (χ1n) is 6.30. The SMILES string of the molecule is CCCCCNCC(C(C)C)C(C)C. The Morgan fingerprint density at radius 2 is 1.50 bits per heavy atom. The molecule has 0 spiro atoms. The average molecular weight is 199 g/mol. The van der Waals surface area contributed by atoms with E-state index in [9.17, 15) is 0 Å². The number of nitrogens with one attached hydrogen (secondary N) is 1. The highest BCUT2D eigenvalue weighted by Gasteiger charge is 2.16. The number of hydrogen-bond acceptors (Lipinski definition) is 1. The highest BCUT2D eigenvalue weighted by atomic mass is 14.9. The van der Waals surface area contributed by atoms with Crippen LogP contribution in [0, 0.1) is 17.8 Å². The number of hydrogen-bond donors (Lipinski definition) is 1. The van der Waals surface area contributed by atoms with Crippen LogP contribution >= 0.6 is 0 Å². The second kappa shape index (κ2) is 8.28. The van der Waals surface area contributed by atoms with Gasteiger partial charge < -0.3 is 5.32 Å². The second-order valence-corrected chi connectivity index (χ2v) is 5.06. The molecule has 0 aliphatic rings. The van der Waals surface area contributed by atoms with Crippen LogP contribution in [-0.2, 0) is 0 Å². The van der Waals surface area contributed by atoms with E-state index in [0.717, 1.165) is 17.8 Å². The van der Waals surface area contributed by atoms with Gasteiger partial charge in [-0.15, -0.1) is 0 Å². The summed E-state index contributed by atoms with van der Waals surface area (Å²) in [6, 6.07) is 0. The minimum absolute atomic E-state index is 0.800. The maximum absolute atomic E-state index is 3.58. The van der Waals surface area contributed by atoms with E-state index in [1.165, 1.54) is 32.4 Å². The quantitative estimate of drug-likeness (QED) is 0.588. The molecular formula is C13H29N. The lowest BCUT2D eigenvalue weighted by Crippen LogP contribution is -2.30. The fraction of sp³-hybridized carbons (Fsp3) is 1.00. The summed E-state index contributed by atoms with van der Waals surface area (Å²) in [4.78, 5) is 0. The summed E-state index contributed by atoms with van der Waals surface area (Å²) in [5, 5.41) is 3.58. The highest BCUT2D eigenvalue weighted by molar-refractivity contribution is 4.69. The molecule has 0 heterocycles. The van der Waals surface area contributed by atoms with Gasteiger partial charge in [-0.2, -0.15) is 0 Å². The van der Waals surface area contributed by atoms with Crippen LogP contribution in [-0.4, -0.2) is 13.1 Å². The van der Waals surface area contributed by atoms with Crippen molar-refractivity contribution in [2.24, 2.45) is 17.8 Å². The van der Waals surface area contributed by atoms with E-state index >= 15 is 0 Å². The normalized spacial score (nSPS) is 12.0. The lowest BCUT2D eigenvalue weighted by Gasteiger charge is -2.25. The Morgan fingerprint density at radius 1 is 0.929 bits per heavy atom. The largest absolute Gasteiger partial charge is 0.316 e. The van der Waals surface area contributed by atoms with Gasteiger partial charge in [-0.25, -0.2) is 0 Å². The molecule has 1 nitrogen and oxygen atoms in total. The molecule has 0 saturated carbocycles. The molecule has 0 atom stereocenters. The first kappa shape index (κ1) is 14.0. The molecular weight excluding hydrogens is 170 g/mol. The third-order valence-corrected chi connectivity index (χ3v) is 3.05. The standard InChI is InChI=1S/C13H29N/c1-6-7-8-9-14-10-13(11(2)3)12(4)5/h11-14H,6-10H2,1-5H3. The van der Waals surface area contributed by atoms with E-state index in [2.05, 4.69) is 39.9 Å². The number of rotatable bonds is 8. The molecule has 0 aromatic heterocycles. The fourth-order valence-electron chi connectivity index (χ4n) is 2.01. The molecule has 0 fully saturated rings. The molecule has 14 heavy (non-hydrogen) atoms. The molecule has 0 aromatic carbocycles. The summed E-state index contributed by atoms with van der Waals surface area (Å²) in [7, 11) is 0. The van der Waals surface area contributed by atoms with Crippen LogP contribution in [0.15, 0.2) is 0 Å².